The average Bonchev–Trinajstić information content (AvgIpc) is 1.80. The zero-order chi connectivity index (χ0) is 7.11. The molecule has 0 aliphatic rings. The number of nitrogens with two attached hydrogens (primary N) is 1. The minimum Gasteiger partial charge on any atom is -0.481 e. The summed E-state index contributed by atoms with van der Waals surface area (Å²) in [6.45, 7) is 0.493. The molecule has 0 heterocycles. The van der Waals surface area contributed by atoms with Gasteiger partial charge in [0.2, 0.25) is 0 Å². The van der Waals surface area contributed by atoms with Crippen molar-refractivity contribution in [2.24, 2.45) is 5.73 Å². The number of carbonyl (C=O) groups is 1. The number of aliphatic carboxylic acids is 1. The van der Waals surface area contributed by atoms with E-state index in [-0.39, 0.29) is 6.42 Å². The SMILES string of the molecule is NCCC#CCC(=O)O. The molecule has 0 rings (SSSR count). The van der Waals surface area contributed by atoms with Crippen LogP contribution in [0.25, 0.3) is 0 Å². The van der Waals surface area contributed by atoms with Crippen molar-refractivity contribution in [2.45, 2.75) is 12.8 Å². The van der Waals surface area contributed by atoms with Gasteiger partial charge in [-0.15, -0.1) is 5.92 Å². The minimum atomic E-state index is -0.889. The van der Waals surface area contributed by atoms with E-state index >= 15 is 0 Å². The second-order valence-electron chi connectivity index (χ2n) is 1.46. The quantitative estimate of drug-likeness (QED) is 0.505. The standard InChI is InChI=1S/C6H9NO2/c7-5-3-1-2-4-6(8)9/h3-5,7H2,(H,8,9). The predicted octanol–water partition coefficient (Wildman–Crippen LogP) is -0.187. The fraction of sp³-hybridized carbons (Fsp3) is 0.500. The van der Waals surface area contributed by atoms with E-state index in [1.165, 1.54) is 0 Å². The Morgan fingerprint density at radius 1 is 1.56 bits per heavy atom. The van der Waals surface area contributed by atoms with Gasteiger partial charge in [0.05, 0.1) is 0 Å². The summed E-state index contributed by atoms with van der Waals surface area (Å²) in [6, 6.07) is 0. The van der Waals surface area contributed by atoms with Crippen LogP contribution in [0.2, 0.25) is 0 Å². The van der Waals surface area contributed by atoms with Crippen molar-refractivity contribution < 1.29 is 9.90 Å². The first-order valence-corrected chi connectivity index (χ1v) is 2.65. The molecule has 0 aliphatic carbocycles. The topological polar surface area (TPSA) is 63.3 Å². The Balaban J connectivity index is 3.26. The van der Waals surface area contributed by atoms with Crippen LogP contribution < -0.4 is 5.73 Å². The third kappa shape index (κ3) is 6.99. The molecule has 3 heteroatoms. The number of hydrogen-bond donors (Lipinski definition) is 2. The molecule has 0 spiro atoms. The molecule has 0 aromatic heterocycles. The van der Waals surface area contributed by atoms with Crippen molar-refractivity contribution >= 4 is 5.97 Å². The lowest BCUT2D eigenvalue weighted by Gasteiger charge is -1.78. The van der Waals surface area contributed by atoms with Gasteiger partial charge in [0.1, 0.15) is 6.42 Å². The van der Waals surface area contributed by atoms with Crippen LogP contribution in [0, 0.1) is 11.8 Å². The highest BCUT2D eigenvalue weighted by atomic mass is 16.4. The normalized spacial score (nSPS) is 7.67. The summed E-state index contributed by atoms with van der Waals surface area (Å²) < 4.78 is 0. The molecule has 0 amide bonds. The Hall–Kier alpha value is -1.01. The third-order valence-electron chi connectivity index (χ3n) is 0.634. The smallest absolute Gasteiger partial charge is 0.315 e. The van der Waals surface area contributed by atoms with Crippen molar-refractivity contribution in [3.8, 4) is 11.8 Å². The Kier molecular flexibility index (Phi) is 4.56. The van der Waals surface area contributed by atoms with Gasteiger partial charge in [-0.1, -0.05) is 5.92 Å². The molecule has 0 saturated heterocycles. The highest BCUT2D eigenvalue weighted by molar-refractivity contribution is 5.69. The Labute approximate surface area is 53.9 Å². The first kappa shape index (κ1) is 7.99. The van der Waals surface area contributed by atoms with Crippen LogP contribution in [0.5, 0.6) is 0 Å². The van der Waals surface area contributed by atoms with Crippen LogP contribution in [-0.2, 0) is 4.79 Å². The molecular formula is C6H9NO2. The Morgan fingerprint density at radius 2 is 2.22 bits per heavy atom. The van der Waals surface area contributed by atoms with E-state index in [2.05, 4.69) is 11.8 Å². The van der Waals surface area contributed by atoms with E-state index in [0.717, 1.165) is 0 Å². The zero-order valence-electron chi connectivity index (χ0n) is 5.05. The molecule has 0 atom stereocenters. The van der Waals surface area contributed by atoms with E-state index in [0.29, 0.717) is 13.0 Å². The van der Waals surface area contributed by atoms with Gasteiger partial charge >= 0.3 is 5.97 Å². The molecule has 0 unspecified atom stereocenters. The van der Waals surface area contributed by atoms with Crippen LogP contribution in [0.4, 0.5) is 0 Å². The number of carboxylic acid groups (broad SMARTS) is 1. The van der Waals surface area contributed by atoms with Crippen molar-refractivity contribution in [3.63, 3.8) is 0 Å². The maximum Gasteiger partial charge on any atom is 0.315 e. The van der Waals surface area contributed by atoms with Gasteiger partial charge in [-0.25, -0.2) is 0 Å². The van der Waals surface area contributed by atoms with Crippen LogP contribution in [0.1, 0.15) is 12.8 Å². The van der Waals surface area contributed by atoms with Gasteiger partial charge in [0.15, 0.2) is 0 Å². The lowest BCUT2D eigenvalue weighted by Crippen LogP contribution is -1.96. The number of hydrogen-bond acceptors (Lipinski definition) is 2. The van der Waals surface area contributed by atoms with Crippen molar-refractivity contribution in [2.75, 3.05) is 6.54 Å². The summed E-state index contributed by atoms with van der Waals surface area (Å²) in [5, 5.41) is 8.08. The molecule has 0 aromatic rings. The molecule has 0 fully saturated rings. The average molecular weight is 127 g/mol. The fourth-order valence-electron chi connectivity index (χ4n) is 0.299. The maximum atomic E-state index is 9.83. The second-order valence-corrected chi connectivity index (χ2v) is 1.46. The van der Waals surface area contributed by atoms with Gasteiger partial charge in [-0.05, 0) is 0 Å². The highest BCUT2D eigenvalue weighted by Crippen LogP contribution is 1.74. The Morgan fingerprint density at radius 3 is 2.67 bits per heavy atom. The first-order valence-electron chi connectivity index (χ1n) is 2.65. The summed E-state index contributed by atoms with van der Waals surface area (Å²) in [5.74, 6) is 4.18. The summed E-state index contributed by atoms with van der Waals surface area (Å²) in [7, 11) is 0. The first-order chi connectivity index (χ1) is 4.27. The zero-order valence-corrected chi connectivity index (χ0v) is 5.05. The summed E-state index contributed by atoms with van der Waals surface area (Å²) in [4.78, 5) is 9.83. The van der Waals surface area contributed by atoms with Crippen LogP contribution in [0.15, 0.2) is 0 Å². The van der Waals surface area contributed by atoms with E-state index in [4.69, 9.17) is 10.8 Å². The van der Waals surface area contributed by atoms with Gasteiger partial charge < -0.3 is 10.8 Å². The largest absolute Gasteiger partial charge is 0.481 e. The molecule has 3 nitrogen and oxygen atoms in total. The van der Waals surface area contributed by atoms with E-state index < -0.39 is 5.97 Å². The third-order valence-corrected chi connectivity index (χ3v) is 0.634. The lowest BCUT2D eigenvalue weighted by molar-refractivity contribution is -0.135. The van der Waals surface area contributed by atoms with Crippen molar-refractivity contribution in [1.29, 1.82) is 0 Å². The maximum absolute atomic E-state index is 9.83. The lowest BCUT2D eigenvalue weighted by atomic mass is 10.4. The van der Waals surface area contributed by atoms with E-state index in [1.807, 2.05) is 0 Å². The fourth-order valence-corrected chi connectivity index (χ4v) is 0.299. The van der Waals surface area contributed by atoms with Gasteiger partial charge in [0.25, 0.3) is 0 Å². The van der Waals surface area contributed by atoms with Crippen molar-refractivity contribution in [3.05, 3.63) is 0 Å². The molecule has 0 saturated carbocycles. The second kappa shape index (κ2) is 5.13. The van der Waals surface area contributed by atoms with Crippen LogP contribution >= 0.6 is 0 Å². The van der Waals surface area contributed by atoms with Gasteiger partial charge in [-0.2, -0.15) is 0 Å². The summed E-state index contributed by atoms with van der Waals surface area (Å²) in [6.07, 6.45) is 0.493. The molecule has 0 bridgehead atoms. The minimum absolute atomic E-state index is 0.0833. The molecule has 0 radical (unpaired) electrons. The van der Waals surface area contributed by atoms with Crippen LogP contribution in [0.3, 0.4) is 0 Å². The van der Waals surface area contributed by atoms with Crippen molar-refractivity contribution in [1.82, 2.24) is 0 Å². The highest BCUT2D eigenvalue weighted by Gasteiger charge is 1.86. The van der Waals surface area contributed by atoms with Gasteiger partial charge in [-0.3, -0.25) is 4.79 Å². The molecule has 0 aromatic carbocycles. The predicted molar refractivity (Wildman–Crippen MR) is 33.7 cm³/mol. The number of rotatable bonds is 2. The molecule has 9 heavy (non-hydrogen) atoms. The molecule has 3 N–H and O–H groups in total. The molecule has 50 valence electrons. The molecule has 0 aliphatic heterocycles. The monoisotopic (exact) mass is 127 g/mol. The van der Waals surface area contributed by atoms with Gasteiger partial charge in [0, 0.05) is 13.0 Å². The molecular weight excluding hydrogens is 118 g/mol. The Bertz CT molecular complexity index is 143. The van der Waals surface area contributed by atoms with E-state index in [1.54, 1.807) is 0 Å². The number of carboxylic acids is 1. The summed E-state index contributed by atoms with van der Waals surface area (Å²) >= 11 is 0. The van der Waals surface area contributed by atoms with E-state index in [9.17, 15) is 4.79 Å². The van der Waals surface area contributed by atoms with Crippen LogP contribution in [-0.4, -0.2) is 17.6 Å². The summed E-state index contributed by atoms with van der Waals surface area (Å²) in [5.41, 5.74) is 5.10.